The number of hydrogen-bond acceptors (Lipinski definition) is 6. The third kappa shape index (κ3) is 5.35. The molecule has 2 N–H and O–H groups in total. The van der Waals surface area contributed by atoms with Gasteiger partial charge in [0.15, 0.2) is 0 Å². The van der Waals surface area contributed by atoms with Crippen molar-refractivity contribution in [2.24, 2.45) is 0 Å². The highest BCUT2D eigenvalue weighted by atomic mass is 35.5. The second kappa shape index (κ2) is 10.3. The van der Waals surface area contributed by atoms with Gasteiger partial charge in [-0.3, -0.25) is 9.88 Å². The number of aliphatic hydroxyl groups is 2. The van der Waals surface area contributed by atoms with Gasteiger partial charge in [0.05, 0.1) is 40.7 Å². The van der Waals surface area contributed by atoms with Crippen molar-refractivity contribution in [3.8, 4) is 6.07 Å². The summed E-state index contributed by atoms with van der Waals surface area (Å²) in [6.45, 7) is 4.15. The maximum absolute atomic E-state index is 11.3. The predicted molar refractivity (Wildman–Crippen MR) is 134 cm³/mol. The molecule has 0 amide bonds. The van der Waals surface area contributed by atoms with Gasteiger partial charge in [0, 0.05) is 43.0 Å². The lowest BCUT2D eigenvalue weighted by Crippen LogP contribution is -2.52. The molecule has 0 unspecified atom stereocenters. The lowest BCUT2D eigenvalue weighted by Gasteiger charge is -2.45. The minimum atomic E-state index is -1.11. The number of aliphatic hydroxyl groups excluding tert-OH is 1. The molecule has 0 bridgehead atoms. The van der Waals surface area contributed by atoms with E-state index in [1.807, 2.05) is 36.4 Å². The zero-order chi connectivity index (χ0) is 24.3. The first-order valence-electron chi connectivity index (χ1n) is 11.0. The number of pyridine rings is 1. The molecule has 34 heavy (non-hydrogen) atoms. The fraction of sp³-hybridized carbons (Fsp3) is 0.308. The number of anilines is 1. The Bertz CT molecular complexity index is 1180. The van der Waals surface area contributed by atoms with Crippen molar-refractivity contribution in [1.82, 2.24) is 9.88 Å². The summed E-state index contributed by atoms with van der Waals surface area (Å²) in [5.41, 5.74) is 2.63. The molecule has 4 rings (SSSR count). The molecule has 0 aliphatic carbocycles. The Morgan fingerprint density at radius 2 is 1.88 bits per heavy atom. The van der Waals surface area contributed by atoms with Gasteiger partial charge in [0.2, 0.25) is 0 Å². The number of piperazine rings is 1. The quantitative estimate of drug-likeness (QED) is 0.521. The van der Waals surface area contributed by atoms with Crippen LogP contribution in [0.2, 0.25) is 10.0 Å². The molecule has 0 spiro atoms. The molecule has 176 valence electrons. The first kappa shape index (κ1) is 24.5. The highest BCUT2D eigenvalue weighted by molar-refractivity contribution is 6.33. The highest BCUT2D eigenvalue weighted by Gasteiger charge is 2.34. The van der Waals surface area contributed by atoms with Crippen molar-refractivity contribution in [3.63, 3.8) is 0 Å². The van der Waals surface area contributed by atoms with E-state index in [2.05, 4.69) is 20.9 Å². The average Bonchev–Trinajstić information content (AvgIpc) is 2.84. The molecule has 6 nitrogen and oxygen atoms in total. The molecule has 1 aliphatic rings. The van der Waals surface area contributed by atoms with E-state index in [4.69, 9.17) is 23.2 Å². The Morgan fingerprint density at radius 3 is 2.50 bits per heavy atom. The third-order valence-corrected chi connectivity index (χ3v) is 6.80. The van der Waals surface area contributed by atoms with Crippen LogP contribution in [0.3, 0.4) is 0 Å². The van der Waals surface area contributed by atoms with Crippen molar-refractivity contribution in [1.29, 1.82) is 5.26 Å². The third-order valence-electron chi connectivity index (χ3n) is 6.25. The summed E-state index contributed by atoms with van der Waals surface area (Å²) in [4.78, 5) is 8.69. The number of benzene rings is 2. The number of hydrogen-bond donors (Lipinski definition) is 2. The Hall–Kier alpha value is -2.66. The molecular weight excluding hydrogens is 471 g/mol. The van der Waals surface area contributed by atoms with Crippen LogP contribution < -0.4 is 4.90 Å². The van der Waals surface area contributed by atoms with Gasteiger partial charge in [0.1, 0.15) is 5.60 Å². The Kier molecular flexibility index (Phi) is 7.42. The van der Waals surface area contributed by atoms with Crippen molar-refractivity contribution >= 4 is 28.9 Å². The van der Waals surface area contributed by atoms with Gasteiger partial charge >= 0.3 is 0 Å². The molecule has 1 fully saturated rings. The van der Waals surface area contributed by atoms with Gasteiger partial charge in [-0.05, 0) is 48.9 Å². The van der Waals surface area contributed by atoms with Crippen LogP contribution in [0.15, 0.2) is 60.8 Å². The number of aromatic nitrogens is 1. The Labute approximate surface area is 209 Å². The van der Waals surface area contributed by atoms with Crippen LogP contribution in [-0.2, 0) is 12.2 Å². The number of nitrogens with zero attached hydrogens (tertiary/aromatic N) is 4. The summed E-state index contributed by atoms with van der Waals surface area (Å²) in [6, 6.07) is 18.8. The van der Waals surface area contributed by atoms with E-state index in [1.165, 1.54) is 0 Å². The summed E-state index contributed by atoms with van der Waals surface area (Å²) in [5.74, 6) is 0. The van der Waals surface area contributed by atoms with Crippen LogP contribution in [0, 0.1) is 11.3 Å². The molecule has 1 aromatic heterocycles. The maximum Gasteiger partial charge on any atom is 0.101 e. The maximum atomic E-state index is 11.3. The smallest absolute Gasteiger partial charge is 0.101 e. The van der Waals surface area contributed by atoms with Crippen LogP contribution in [0.5, 0.6) is 0 Å². The topological polar surface area (TPSA) is 83.6 Å². The molecule has 2 aromatic carbocycles. The van der Waals surface area contributed by atoms with Gasteiger partial charge in [-0.15, -0.1) is 0 Å². The molecule has 0 saturated carbocycles. The van der Waals surface area contributed by atoms with Crippen LogP contribution in [0.1, 0.15) is 35.3 Å². The molecule has 8 heteroatoms. The van der Waals surface area contributed by atoms with Gasteiger partial charge in [0.25, 0.3) is 0 Å². The van der Waals surface area contributed by atoms with Crippen LogP contribution in [0.4, 0.5) is 5.69 Å². The van der Waals surface area contributed by atoms with Crippen molar-refractivity contribution < 1.29 is 10.2 Å². The van der Waals surface area contributed by atoms with E-state index in [9.17, 15) is 15.5 Å². The summed E-state index contributed by atoms with van der Waals surface area (Å²) >= 11 is 12.7. The lowest BCUT2D eigenvalue weighted by molar-refractivity contribution is 0.00997. The summed E-state index contributed by atoms with van der Waals surface area (Å²) in [6.07, 6.45) is 1.62. The van der Waals surface area contributed by atoms with E-state index in [0.717, 1.165) is 17.8 Å². The molecule has 0 radical (unpaired) electrons. The zero-order valence-corrected chi connectivity index (χ0v) is 20.3. The minimum Gasteiger partial charge on any atom is -0.390 e. The molecule has 3 aromatic rings. The second-order valence-corrected chi connectivity index (χ2v) is 9.59. The van der Waals surface area contributed by atoms with Gasteiger partial charge in [-0.2, -0.15) is 5.26 Å². The standard InChI is InChI=1S/C26H26Cl2N4O2/c1-26(34,20-5-8-22(16-33)30-14-20)17-31-10-11-32(24-9-2-18(13-29)12-23(24)28)25(15-31)19-3-6-21(27)7-4-19/h2-9,12,14,25,33-34H,10-11,15-17H2,1H3/t25-,26+/m0/s1. The van der Waals surface area contributed by atoms with Gasteiger partial charge in [-0.1, -0.05) is 41.4 Å². The molecule has 1 aliphatic heterocycles. The van der Waals surface area contributed by atoms with E-state index in [0.29, 0.717) is 46.5 Å². The van der Waals surface area contributed by atoms with Crippen LogP contribution >= 0.6 is 23.2 Å². The first-order valence-corrected chi connectivity index (χ1v) is 11.8. The van der Waals surface area contributed by atoms with Crippen molar-refractivity contribution in [2.75, 3.05) is 31.1 Å². The molecule has 2 atom stereocenters. The van der Waals surface area contributed by atoms with E-state index in [1.54, 1.807) is 31.3 Å². The van der Waals surface area contributed by atoms with E-state index in [-0.39, 0.29) is 12.6 Å². The summed E-state index contributed by atoms with van der Waals surface area (Å²) in [7, 11) is 0. The van der Waals surface area contributed by atoms with E-state index >= 15 is 0 Å². The van der Waals surface area contributed by atoms with Gasteiger partial charge < -0.3 is 15.1 Å². The molecular formula is C26H26Cl2N4O2. The summed E-state index contributed by atoms with van der Waals surface area (Å²) in [5, 5.41) is 30.9. The molecule has 1 saturated heterocycles. The van der Waals surface area contributed by atoms with Crippen molar-refractivity contribution in [3.05, 3.63) is 93.2 Å². The summed E-state index contributed by atoms with van der Waals surface area (Å²) < 4.78 is 0. The highest BCUT2D eigenvalue weighted by Crippen LogP contribution is 2.37. The largest absolute Gasteiger partial charge is 0.390 e. The average molecular weight is 497 g/mol. The fourth-order valence-corrected chi connectivity index (χ4v) is 4.83. The minimum absolute atomic E-state index is 0.0258. The zero-order valence-electron chi connectivity index (χ0n) is 18.8. The van der Waals surface area contributed by atoms with Crippen LogP contribution in [-0.4, -0.2) is 46.3 Å². The number of halogens is 2. The predicted octanol–water partition coefficient (Wildman–Crippen LogP) is 4.52. The Morgan fingerprint density at radius 1 is 1.12 bits per heavy atom. The van der Waals surface area contributed by atoms with Crippen LogP contribution in [0.25, 0.3) is 0 Å². The number of nitriles is 1. The fourth-order valence-electron chi connectivity index (χ4n) is 4.41. The Balaban J connectivity index is 1.60. The first-order chi connectivity index (χ1) is 16.3. The second-order valence-electron chi connectivity index (χ2n) is 8.74. The van der Waals surface area contributed by atoms with Gasteiger partial charge in [-0.25, -0.2) is 0 Å². The van der Waals surface area contributed by atoms with E-state index < -0.39 is 5.60 Å². The van der Waals surface area contributed by atoms with Crippen molar-refractivity contribution in [2.45, 2.75) is 25.2 Å². The lowest BCUT2D eigenvalue weighted by atomic mass is 9.94. The normalized spacial score (nSPS) is 18.4. The number of rotatable bonds is 6. The number of β-amino-alcohol motifs (C(OH)–C–C–N with tert-alkyl or cyclic N) is 1. The molecule has 2 heterocycles. The monoisotopic (exact) mass is 496 g/mol. The SMILES string of the molecule is C[C@@](O)(CN1CCN(c2ccc(C#N)cc2Cl)[C@H](c2ccc(Cl)cc2)C1)c1ccc(CO)nc1.